The van der Waals surface area contributed by atoms with Gasteiger partial charge in [-0.25, -0.2) is 0 Å². The van der Waals surface area contributed by atoms with Crippen molar-refractivity contribution in [2.24, 2.45) is 0 Å². The summed E-state index contributed by atoms with van der Waals surface area (Å²) in [5.41, 5.74) is 0.411. The summed E-state index contributed by atoms with van der Waals surface area (Å²) in [6, 6.07) is 7.11. The van der Waals surface area contributed by atoms with Gasteiger partial charge in [0.15, 0.2) is 0 Å². The Kier molecular flexibility index (Phi) is 5.25. The van der Waals surface area contributed by atoms with Gasteiger partial charge in [-0.3, -0.25) is 4.79 Å². The quantitative estimate of drug-likeness (QED) is 0.860. The highest BCUT2D eigenvalue weighted by Gasteiger charge is 2.26. The van der Waals surface area contributed by atoms with Crippen LogP contribution in [0.2, 0.25) is 0 Å². The first-order valence-electron chi connectivity index (χ1n) is 6.89. The Labute approximate surface area is 122 Å². The summed E-state index contributed by atoms with van der Waals surface area (Å²) in [6.45, 7) is 0.692. The molecule has 1 aliphatic rings. The summed E-state index contributed by atoms with van der Waals surface area (Å²) < 4.78 is 0. The molecule has 0 aromatic heterocycles. The first-order chi connectivity index (χ1) is 9.24. The van der Waals surface area contributed by atoms with Crippen molar-refractivity contribution >= 4 is 21.8 Å². The van der Waals surface area contributed by atoms with Crippen molar-refractivity contribution in [1.82, 2.24) is 4.90 Å². The molecule has 0 unspecified atom stereocenters. The first kappa shape index (κ1) is 14.4. The molecule has 0 spiro atoms. The van der Waals surface area contributed by atoms with Gasteiger partial charge in [0, 0.05) is 17.9 Å². The van der Waals surface area contributed by atoms with Crippen LogP contribution in [0.3, 0.4) is 0 Å². The van der Waals surface area contributed by atoms with Crippen LogP contribution >= 0.6 is 15.9 Å². The van der Waals surface area contributed by atoms with Crippen molar-refractivity contribution in [3.8, 4) is 5.75 Å². The van der Waals surface area contributed by atoms with Crippen LogP contribution in [0, 0.1) is 0 Å². The van der Waals surface area contributed by atoms with E-state index in [4.69, 9.17) is 0 Å². The summed E-state index contributed by atoms with van der Waals surface area (Å²) >= 11 is 3.42. The van der Waals surface area contributed by atoms with E-state index in [2.05, 4.69) is 15.9 Å². The molecule has 0 saturated heterocycles. The Morgan fingerprint density at radius 2 is 1.95 bits per heavy atom. The maximum Gasteiger partial charge on any atom is 0.257 e. The standard InChI is InChI=1S/C15H20BrNO2/c16-10-11-17(12-6-2-1-3-7-12)15(19)13-8-4-5-9-14(13)18/h4-5,8-9,12,18H,1-3,6-7,10-11H2. The van der Waals surface area contributed by atoms with E-state index in [-0.39, 0.29) is 11.7 Å². The lowest BCUT2D eigenvalue weighted by atomic mass is 9.93. The number of alkyl halides is 1. The summed E-state index contributed by atoms with van der Waals surface area (Å²) in [6.07, 6.45) is 5.80. The maximum absolute atomic E-state index is 12.6. The SMILES string of the molecule is O=C(c1ccccc1O)N(CCBr)C1CCCCC1. The van der Waals surface area contributed by atoms with E-state index in [0.29, 0.717) is 18.2 Å². The van der Waals surface area contributed by atoms with Crippen molar-refractivity contribution in [2.75, 3.05) is 11.9 Å². The molecule has 19 heavy (non-hydrogen) atoms. The zero-order valence-corrected chi connectivity index (χ0v) is 12.6. The molecule has 1 fully saturated rings. The molecule has 0 heterocycles. The van der Waals surface area contributed by atoms with Crippen LogP contribution in [0.1, 0.15) is 42.5 Å². The summed E-state index contributed by atoms with van der Waals surface area (Å²) in [4.78, 5) is 14.5. The van der Waals surface area contributed by atoms with Gasteiger partial charge in [0.05, 0.1) is 5.56 Å². The number of rotatable bonds is 4. The highest BCUT2D eigenvalue weighted by Crippen LogP contribution is 2.26. The zero-order chi connectivity index (χ0) is 13.7. The number of aromatic hydroxyl groups is 1. The van der Waals surface area contributed by atoms with Crippen molar-refractivity contribution in [2.45, 2.75) is 38.1 Å². The maximum atomic E-state index is 12.6. The van der Waals surface area contributed by atoms with E-state index in [1.54, 1.807) is 24.3 Å². The van der Waals surface area contributed by atoms with Crippen molar-refractivity contribution in [3.63, 3.8) is 0 Å². The number of phenols is 1. The predicted molar refractivity (Wildman–Crippen MR) is 79.8 cm³/mol. The normalized spacial score (nSPS) is 16.3. The summed E-state index contributed by atoms with van der Waals surface area (Å²) in [7, 11) is 0. The Morgan fingerprint density at radius 3 is 2.58 bits per heavy atom. The molecule has 1 saturated carbocycles. The molecule has 2 rings (SSSR count). The third kappa shape index (κ3) is 3.50. The number of nitrogens with zero attached hydrogens (tertiary/aromatic N) is 1. The predicted octanol–water partition coefficient (Wildman–Crippen LogP) is 3.56. The van der Waals surface area contributed by atoms with Gasteiger partial charge in [-0.2, -0.15) is 0 Å². The third-order valence-electron chi connectivity index (χ3n) is 3.74. The molecule has 0 bridgehead atoms. The molecule has 4 heteroatoms. The van der Waals surface area contributed by atoms with Crippen LogP contribution in [0.4, 0.5) is 0 Å². The Hall–Kier alpha value is -1.03. The smallest absolute Gasteiger partial charge is 0.257 e. The highest BCUT2D eigenvalue weighted by atomic mass is 79.9. The Morgan fingerprint density at radius 1 is 1.26 bits per heavy atom. The largest absolute Gasteiger partial charge is 0.507 e. The summed E-state index contributed by atoms with van der Waals surface area (Å²) in [5, 5.41) is 10.6. The summed E-state index contributed by atoms with van der Waals surface area (Å²) in [5.74, 6) is 0.0207. The fourth-order valence-electron chi connectivity index (χ4n) is 2.74. The molecule has 1 aromatic rings. The zero-order valence-electron chi connectivity index (χ0n) is 11.0. The van der Waals surface area contributed by atoms with E-state index in [0.717, 1.165) is 18.2 Å². The third-order valence-corrected chi connectivity index (χ3v) is 4.09. The van der Waals surface area contributed by atoms with E-state index < -0.39 is 0 Å². The van der Waals surface area contributed by atoms with Crippen molar-refractivity contribution in [1.29, 1.82) is 0 Å². The van der Waals surface area contributed by atoms with Gasteiger partial charge in [-0.1, -0.05) is 47.3 Å². The minimum atomic E-state index is -0.0514. The van der Waals surface area contributed by atoms with E-state index in [1.807, 2.05) is 4.90 Å². The second kappa shape index (κ2) is 6.94. The number of hydrogen-bond acceptors (Lipinski definition) is 2. The lowest BCUT2D eigenvalue weighted by Gasteiger charge is -2.34. The number of carbonyl (C=O) groups is 1. The van der Waals surface area contributed by atoms with E-state index in [9.17, 15) is 9.90 Å². The van der Waals surface area contributed by atoms with Gasteiger partial charge < -0.3 is 10.0 Å². The topological polar surface area (TPSA) is 40.5 Å². The Bertz CT molecular complexity index is 430. The average molecular weight is 326 g/mol. The van der Waals surface area contributed by atoms with Gasteiger partial charge in [-0.15, -0.1) is 0 Å². The molecule has 1 aromatic carbocycles. The molecule has 0 aliphatic heterocycles. The molecule has 1 aliphatic carbocycles. The number of phenolic OH excluding ortho intramolecular Hbond substituents is 1. The van der Waals surface area contributed by atoms with Gasteiger partial charge in [0.2, 0.25) is 0 Å². The van der Waals surface area contributed by atoms with Crippen LogP contribution in [-0.4, -0.2) is 33.8 Å². The monoisotopic (exact) mass is 325 g/mol. The first-order valence-corrected chi connectivity index (χ1v) is 8.01. The van der Waals surface area contributed by atoms with Crippen LogP contribution in [-0.2, 0) is 0 Å². The van der Waals surface area contributed by atoms with Crippen LogP contribution in [0.15, 0.2) is 24.3 Å². The Balaban J connectivity index is 2.18. The second-order valence-corrected chi connectivity index (χ2v) is 5.79. The lowest BCUT2D eigenvalue weighted by molar-refractivity contribution is 0.0648. The highest BCUT2D eigenvalue weighted by molar-refractivity contribution is 9.09. The van der Waals surface area contributed by atoms with E-state index >= 15 is 0 Å². The molecule has 104 valence electrons. The van der Waals surface area contributed by atoms with E-state index in [1.165, 1.54) is 19.3 Å². The van der Waals surface area contributed by atoms with Crippen molar-refractivity contribution in [3.05, 3.63) is 29.8 Å². The minimum absolute atomic E-state index is 0.0514. The minimum Gasteiger partial charge on any atom is -0.507 e. The molecular formula is C15H20BrNO2. The molecule has 1 N–H and O–H groups in total. The van der Waals surface area contributed by atoms with Gasteiger partial charge in [-0.05, 0) is 25.0 Å². The fraction of sp³-hybridized carbons (Fsp3) is 0.533. The van der Waals surface area contributed by atoms with Gasteiger partial charge in [0.25, 0.3) is 5.91 Å². The van der Waals surface area contributed by atoms with Crippen molar-refractivity contribution < 1.29 is 9.90 Å². The van der Waals surface area contributed by atoms with Crippen LogP contribution in [0.25, 0.3) is 0 Å². The molecule has 1 amide bonds. The second-order valence-electron chi connectivity index (χ2n) is 5.00. The lowest BCUT2D eigenvalue weighted by Crippen LogP contribution is -2.42. The average Bonchev–Trinajstić information content (AvgIpc) is 2.45. The fourth-order valence-corrected chi connectivity index (χ4v) is 3.12. The number of para-hydroxylation sites is 1. The van der Waals surface area contributed by atoms with Crippen LogP contribution < -0.4 is 0 Å². The molecular weight excluding hydrogens is 306 g/mol. The molecule has 0 atom stereocenters. The number of carbonyl (C=O) groups excluding carboxylic acids is 1. The molecule has 0 radical (unpaired) electrons. The van der Waals surface area contributed by atoms with Gasteiger partial charge in [0.1, 0.15) is 5.75 Å². The van der Waals surface area contributed by atoms with Gasteiger partial charge >= 0.3 is 0 Å². The van der Waals surface area contributed by atoms with Crippen LogP contribution in [0.5, 0.6) is 5.75 Å². The number of benzene rings is 1. The number of hydrogen-bond donors (Lipinski definition) is 1. The number of amides is 1. The number of halogens is 1. The molecule has 3 nitrogen and oxygen atoms in total.